The van der Waals surface area contributed by atoms with Crippen LogP contribution in [0, 0.1) is 0 Å². The number of hydrogen-bond donors (Lipinski definition) is 1. The fourth-order valence-electron chi connectivity index (χ4n) is 2.29. The molecule has 2 aliphatic carbocycles. The molecule has 0 bridgehead atoms. The quantitative estimate of drug-likeness (QED) is 0.725. The molecule has 1 N–H and O–H groups in total. The zero-order valence-electron chi connectivity index (χ0n) is 10.9. The summed E-state index contributed by atoms with van der Waals surface area (Å²) in [4.78, 5) is 2.60. The number of hydrogen-bond acceptors (Lipinski definition) is 3. The first-order chi connectivity index (χ1) is 8.81. The van der Waals surface area contributed by atoms with E-state index in [0.29, 0.717) is 0 Å². The van der Waals surface area contributed by atoms with E-state index in [1.807, 2.05) is 0 Å². The lowest BCUT2D eigenvalue weighted by molar-refractivity contribution is 0.275. The van der Waals surface area contributed by atoms with Crippen molar-refractivity contribution in [3.63, 3.8) is 0 Å². The van der Waals surface area contributed by atoms with Crippen LogP contribution in [0.1, 0.15) is 31.2 Å². The molecule has 2 aliphatic rings. The molecule has 0 aliphatic heterocycles. The van der Waals surface area contributed by atoms with Gasteiger partial charge < -0.3 is 5.32 Å². The van der Waals surface area contributed by atoms with Gasteiger partial charge in [0.1, 0.15) is 0 Å². The molecule has 0 atom stereocenters. The average Bonchev–Trinajstić information content (AvgIpc) is 3.27. The molecule has 1 heterocycles. The van der Waals surface area contributed by atoms with Crippen LogP contribution in [0.2, 0.25) is 0 Å². The molecule has 98 valence electrons. The lowest BCUT2D eigenvalue weighted by atomic mass is 10.2. The Morgan fingerprint density at radius 2 is 2.22 bits per heavy atom. The predicted octanol–water partition coefficient (Wildman–Crippen LogP) is 3.02. The van der Waals surface area contributed by atoms with E-state index in [2.05, 4.69) is 33.6 Å². The highest BCUT2D eigenvalue weighted by molar-refractivity contribution is 7.07. The summed E-state index contributed by atoms with van der Waals surface area (Å²) < 4.78 is 0. The number of rotatable bonds is 8. The summed E-state index contributed by atoms with van der Waals surface area (Å²) in [7, 11) is 0. The molecule has 18 heavy (non-hydrogen) atoms. The second-order valence-corrected chi connectivity index (χ2v) is 6.45. The van der Waals surface area contributed by atoms with E-state index in [4.69, 9.17) is 0 Å². The highest BCUT2D eigenvalue weighted by Gasteiger charge is 2.29. The second-order valence-electron chi connectivity index (χ2n) is 5.67. The molecule has 1 aromatic rings. The van der Waals surface area contributed by atoms with Gasteiger partial charge in [-0.25, -0.2) is 0 Å². The summed E-state index contributed by atoms with van der Waals surface area (Å²) in [6.45, 7) is 7.38. The maximum atomic E-state index is 4.23. The van der Waals surface area contributed by atoms with Gasteiger partial charge in [-0.2, -0.15) is 11.3 Å². The lowest BCUT2D eigenvalue weighted by Gasteiger charge is -2.23. The standard InChI is InChI=1S/C15H22N2S/c1-12(8-16-14-2-3-14)9-17(15-4-5-15)10-13-6-7-18-11-13/h6-7,11,14-16H,1-5,8-10H2. The highest BCUT2D eigenvalue weighted by Crippen LogP contribution is 2.29. The van der Waals surface area contributed by atoms with Gasteiger partial charge in [-0.3, -0.25) is 4.90 Å². The first-order valence-electron chi connectivity index (χ1n) is 6.96. The molecule has 2 nitrogen and oxygen atoms in total. The molecule has 0 saturated heterocycles. The number of thiophene rings is 1. The van der Waals surface area contributed by atoms with Crippen LogP contribution < -0.4 is 5.32 Å². The molecule has 2 saturated carbocycles. The van der Waals surface area contributed by atoms with Crippen molar-refractivity contribution in [2.45, 2.75) is 44.3 Å². The van der Waals surface area contributed by atoms with Gasteiger partial charge in [-0.1, -0.05) is 6.58 Å². The monoisotopic (exact) mass is 262 g/mol. The zero-order chi connectivity index (χ0) is 12.4. The Morgan fingerprint density at radius 3 is 2.83 bits per heavy atom. The molecule has 3 heteroatoms. The molecular weight excluding hydrogens is 240 g/mol. The van der Waals surface area contributed by atoms with Crippen molar-refractivity contribution in [3.8, 4) is 0 Å². The Kier molecular flexibility index (Phi) is 3.83. The van der Waals surface area contributed by atoms with Gasteiger partial charge >= 0.3 is 0 Å². The van der Waals surface area contributed by atoms with Crippen LogP contribution in [0.15, 0.2) is 29.0 Å². The van der Waals surface area contributed by atoms with Crippen molar-refractivity contribution < 1.29 is 0 Å². The predicted molar refractivity (Wildman–Crippen MR) is 77.9 cm³/mol. The van der Waals surface area contributed by atoms with Crippen LogP contribution in [0.3, 0.4) is 0 Å². The Labute approximate surface area is 114 Å². The minimum atomic E-state index is 0.785. The molecule has 0 unspecified atom stereocenters. The third kappa shape index (κ3) is 3.67. The van der Waals surface area contributed by atoms with E-state index >= 15 is 0 Å². The summed E-state index contributed by atoms with van der Waals surface area (Å²) in [5.41, 5.74) is 2.79. The number of nitrogens with one attached hydrogen (secondary N) is 1. The third-order valence-electron chi connectivity index (χ3n) is 3.67. The van der Waals surface area contributed by atoms with Crippen LogP contribution in [0.5, 0.6) is 0 Å². The largest absolute Gasteiger partial charge is 0.310 e. The zero-order valence-corrected chi connectivity index (χ0v) is 11.7. The minimum Gasteiger partial charge on any atom is -0.310 e. The van der Waals surface area contributed by atoms with Crippen molar-refractivity contribution >= 4 is 11.3 Å². The van der Waals surface area contributed by atoms with Gasteiger partial charge in [-0.05, 0) is 53.6 Å². The van der Waals surface area contributed by atoms with Gasteiger partial charge in [-0.15, -0.1) is 0 Å². The van der Waals surface area contributed by atoms with Crippen molar-refractivity contribution in [3.05, 3.63) is 34.5 Å². The van der Waals surface area contributed by atoms with Crippen LogP contribution >= 0.6 is 11.3 Å². The van der Waals surface area contributed by atoms with Crippen LogP contribution in [0.4, 0.5) is 0 Å². The van der Waals surface area contributed by atoms with Crippen LogP contribution in [0.25, 0.3) is 0 Å². The molecule has 0 radical (unpaired) electrons. The van der Waals surface area contributed by atoms with Crippen molar-refractivity contribution in [1.29, 1.82) is 0 Å². The smallest absolute Gasteiger partial charge is 0.0248 e. The lowest BCUT2D eigenvalue weighted by Crippen LogP contribution is -2.31. The first-order valence-corrected chi connectivity index (χ1v) is 7.90. The average molecular weight is 262 g/mol. The minimum absolute atomic E-state index is 0.785. The van der Waals surface area contributed by atoms with Gasteiger partial charge in [0.05, 0.1) is 0 Å². The van der Waals surface area contributed by atoms with Crippen molar-refractivity contribution in [1.82, 2.24) is 10.2 Å². The van der Waals surface area contributed by atoms with Crippen LogP contribution in [-0.2, 0) is 6.54 Å². The number of nitrogens with zero attached hydrogens (tertiary/aromatic N) is 1. The Balaban J connectivity index is 1.48. The first kappa shape index (κ1) is 12.4. The summed E-state index contributed by atoms with van der Waals surface area (Å²) in [5.74, 6) is 0. The van der Waals surface area contributed by atoms with E-state index < -0.39 is 0 Å². The van der Waals surface area contributed by atoms with E-state index in [1.165, 1.54) is 36.8 Å². The molecule has 0 spiro atoms. The molecule has 0 aromatic carbocycles. The fraction of sp³-hybridized carbons (Fsp3) is 0.600. The van der Waals surface area contributed by atoms with Gasteiger partial charge in [0.25, 0.3) is 0 Å². The van der Waals surface area contributed by atoms with E-state index in [-0.39, 0.29) is 0 Å². The maximum Gasteiger partial charge on any atom is 0.0248 e. The Hall–Kier alpha value is -0.640. The van der Waals surface area contributed by atoms with Gasteiger partial charge in [0.2, 0.25) is 0 Å². The summed E-state index contributed by atoms with van der Waals surface area (Å²) >= 11 is 1.79. The third-order valence-corrected chi connectivity index (χ3v) is 4.41. The van der Waals surface area contributed by atoms with Crippen molar-refractivity contribution in [2.75, 3.05) is 13.1 Å². The maximum absolute atomic E-state index is 4.23. The molecular formula is C15H22N2S. The molecule has 3 rings (SSSR count). The summed E-state index contributed by atoms with van der Waals surface area (Å²) in [6, 6.07) is 3.83. The highest BCUT2D eigenvalue weighted by atomic mass is 32.1. The summed E-state index contributed by atoms with van der Waals surface area (Å²) in [5, 5.41) is 7.99. The second kappa shape index (κ2) is 5.55. The van der Waals surface area contributed by atoms with Crippen molar-refractivity contribution in [2.24, 2.45) is 0 Å². The van der Waals surface area contributed by atoms with Gasteiger partial charge in [0.15, 0.2) is 0 Å². The van der Waals surface area contributed by atoms with E-state index in [1.54, 1.807) is 11.3 Å². The fourth-order valence-corrected chi connectivity index (χ4v) is 2.95. The normalized spacial score (nSPS) is 19.4. The Morgan fingerprint density at radius 1 is 1.39 bits per heavy atom. The molecule has 1 aromatic heterocycles. The topological polar surface area (TPSA) is 15.3 Å². The molecule has 0 amide bonds. The Bertz CT molecular complexity index is 391. The summed E-state index contributed by atoms with van der Waals surface area (Å²) in [6.07, 6.45) is 5.45. The van der Waals surface area contributed by atoms with E-state index in [9.17, 15) is 0 Å². The van der Waals surface area contributed by atoms with Gasteiger partial charge in [0, 0.05) is 31.7 Å². The van der Waals surface area contributed by atoms with E-state index in [0.717, 1.165) is 31.7 Å². The van der Waals surface area contributed by atoms with Crippen LogP contribution in [-0.4, -0.2) is 30.1 Å². The SMILES string of the molecule is C=C(CNC1CC1)CN(Cc1ccsc1)C1CC1. The molecule has 2 fully saturated rings.